The highest BCUT2D eigenvalue weighted by atomic mass is 32.2. The SMILES string of the molecule is CN1/C(=C2/Sc3ccccc3N2C)C=Cc2ccccc21. The number of rotatable bonds is 0. The van der Waals surface area contributed by atoms with Crippen LogP contribution in [0.25, 0.3) is 6.08 Å². The lowest BCUT2D eigenvalue weighted by atomic mass is 10.1. The zero-order valence-electron chi connectivity index (χ0n) is 12.1. The third-order valence-electron chi connectivity index (χ3n) is 4.04. The maximum atomic E-state index is 2.28. The van der Waals surface area contributed by atoms with Gasteiger partial charge in [0, 0.05) is 24.7 Å². The topological polar surface area (TPSA) is 6.48 Å². The van der Waals surface area contributed by atoms with Gasteiger partial charge >= 0.3 is 0 Å². The molecule has 0 radical (unpaired) electrons. The van der Waals surface area contributed by atoms with E-state index in [0.29, 0.717) is 0 Å². The number of thioether (sulfide) groups is 1. The lowest BCUT2D eigenvalue weighted by molar-refractivity contribution is 1.07. The van der Waals surface area contributed by atoms with E-state index in [1.54, 1.807) is 0 Å². The van der Waals surface area contributed by atoms with Crippen LogP contribution in [0.2, 0.25) is 0 Å². The molecule has 0 N–H and O–H groups in total. The van der Waals surface area contributed by atoms with Gasteiger partial charge in [-0.15, -0.1) is 0 Å². The highest BCUT2D eigenvalue weighted by Crippen LogP contribution is 2.47. The van der Waals surface area contributed by atoms with Crippen molar-refractivity contribution in [2.45, 2.75) is 4.90 Å². The molecule has 3 heteroatoms. The summed E-state index contributed by atoms with van der Waals surface area (Å²) >= 11 is 1.84. The number of hydrogen-bond acceptors (Lipinski definition) is 3. The van der Waals surface area contributed by atoms with E-state index in [1.807, 2.05) is 11.8 Å². The standard InChI is InChI=1S/C18H16N2S/c1-19-14-8-4-3-7-13(14)11-12-16(19)18-20(2)15-9-5-6-10-17(15)21-18/h3-12H,1-2H3/b18-16+. The number of allylic oxidation sites excluding steroid dienone is 1. The van der Waals surface area contributed by atoms with Crippen molar-refractivity contribution < 1.29 is 0 Å². The van der Waals surface area contributed by atoms with E-state index in [0.717, 1.165) is 0 Å². The first-order chi connectivity index (χ1) is 10.3. The van der Waals surface area contributed by atoms with Crippen molar-refractivity contribution >= 4 is 29.2 Å². The molecule has 0 saturated carbocycles. The van der Waals surface area contributed by atoms with E-state index < -0.39 is 0 Å². The summed E-state index contributed by atoms with van der Waals surface area (Å²) < 4.78 is 0. The number of hydrogen-bond donors (Lipinski definition) is 0. The van der Waals surface area contributed by atoms with Crippen LogP contribution in [0, 0.1) is 0 Å². The fourth-order valence-corrected chi connectivity index (χ4v) is 4.09. The quantitative estimate of drug-likeness (QED) is 0.703. The molecule has 104 valence electrons. The van der Waals surface area contributed by atoms with E-state index in [1.165, 1.54) is 32.6 Å². The summed E-state index contributed by atoms with van der Waals surface area (Å²) in [6.45, 7) is 0. The van der Waals surface area contributed by atoms with E-state index in [9.17, 15) is 0 Å². The van der Waals surface area contributed by atoms with Crippen LogP contribution < -0.4 is 9.80 Å². The largest absolute Gasteiger partial charge is 0.342 e. The fraction of sp³-hybridized carbons (Fsp3) is 0.111. The minimum atomic E-state index is 1.25. The highest BCUT2D eigenvalue weighted by molar-refractivity contribution is 8.03. The lowest BCUT2D eigenvalue weighted by Gasteiger charge is -2.29. The van der Waals surface area contributed by atoms with Gasteiger partial charge in [-0.3, -0.25) is 0 Å². The Kier molecular flexibility index (Phi) is 2.82. The molecule has 2 heterocycles. The highest BCUT2D eigenvalue weighted by Gasteiger charge is 2.27. The Morgan fingerprint density at radius 1 is 0.762 bits per heavy atom. The smallest absolute Gasteiger partial charge is 0.104 e. The van der Waals surface area contributed by atoms with Crippen LogP contribution in [0.3, 0.4) is 0 Å². The Morgan fingerprint density at radius 3 is 2.29 bits per heavy atom. The minimum Gasteiger partial charge on any atom is -0.342 e. The Balaban J connectivity index is 1.82. The molecule has 0 bridgehead atoms. The van der Waals surface area contributed by atoms with Crippen LogP contribution in [0.1, 0.15) is 5.56 Å². The Labute approximate surface area is 129 Å². The van der Waals surface area contributed by atoms with E-state index in [-0.39, 0.29) is 0 Å². The average Bonchev–Trinajstić information content (AvgIpc) is 2.85. The van der Waals surface area contributed by atoms with Gasteiger partial charge in [0.1, 0.15) is 5.03 Å². The van der Waals surface area contributed by atoms with Crippen LogP contribution in [-0.2, 0) is 0 Å². The normalized spacial score (nSPS) is 19.7. The van der Waals surface area contributed by atoms with Crippen molar-refractivity contribution in [1.29, 1.82) is 0 Å². The lowest BCUT2D eigenvalue weighted by Crippen LogP contribution is -2.23. The van der Waals surface area contributed by atoms with Crippen molar-refractivity contribution in [2.75, 3.05) is 23.9 Å². The summed E-state index contributed by atoms with van der Waals surface area (Å²) in [7, 11) is 4.28. The average molecular weight is 292 g/mol. The molecule has 0 aromatic heterocycles. The van der Waals surface area contributed by atoms with Crippen molar-refractivity contribution in [1.82, 2.24) is 0 Å². The van der Waals surface area contributed by atoms with Gasteiger partial charge in [-0.05, 0) is 29.8 Å². The molecule has 2 aromatic rings. The monoisotopic (exact) mass is 292 g/mol. The van der Waals surface area contributed by atoms with Crippen molar-refractivity contribution in [3.8, 4) is 0 Å². The molecule has 4 rings (SSSR count). The molecule has 21 heavy (non-hydrogen) atoms. The third-order valence-corrected chi connectivity index (χ3v) is 5.28. The Morgan fingerprint density at radius 2 is 1.48 bits per heavy atom. The van der Waals surface area contributed by atoms with Crippen LogP contribution in [-0.4, -0.2) is 14.1 Å². The number of fused-ring (bicyclic) bond motifs is 2. The summed E-state index contributed by atoms with van der Waals surface area (Å²) in [4.78, 5) is 5.88. The second-order valence-corrected chi connectivity index (χ2v) is 6.30. The van der Waals surface area contributed by atoms with Gasteiger partial charge in [-0.1, -0.05) is 48.2 Å². The van der Waals surface area contributed by atoms with E-state index >= 15 is 0 Å². The third kappa shape index (κ3) is 1.88. The maximum absolute atomic E-state index is 2.28. The molecular weight excluding hydrogens is 276 g/mol. The molecule has 2 nitrogen and oxygen atoms in total. The Bertz CT molecular complexity index is 776. The van der Waals surface area contributed by atoms with Crippen LogP contribution in [0.5, 0.6) is 0 Å². The predicted octanol–water partition coefficient (Wildman–Crippen LogP) is 4.56. The molecule has 0 saturated heterocycles. The first-order valence-electron chi connectivity index (χ1n) is 7.01. The molecule has 0 spiro atoms. The molecule has 0 aliphatic carbocycles. The molecule has 2 aliphatic rings. The van der Waals surface area contributed by atoms with Gasteiger partial charge in [0.05, 0.1) is 11.4 Å². The van der Waals surface area contributed by atoms with Crippen molar-refractivity contribution in [2.24, 2.45) is 0 Å². The molecule has 0 unspecified atom stereocenters. The number of para-hydroxylation sites is 2. The van der Waals surface area contributed by atoms with Crippen molar-refractivity contribution in [3.63, 3.8) is 0 Å². The van der Waals surface area contributed by atoms with Gasteiger partial charge in [0.2, 0.25) is 0 Å². The molecule has 0 fully saturated rings. The molecular formula is C18H16N2S. The Hall–Kier alpha value is -2.13. The van der Waals surface area contributed by atoms with Crippen LogP contribution >= 0.6 is 11.8 Å². The second kappa shape index (κ2) is 4.71. The number of likely N-dealkylation sites (N-methyl/N-ethyl adjacent to an activating group) is 1. The summed E-state index contributed by atoms with van der Waals surface area (Å²) in [6.07, 6.45) is 4.42. The summed E-state index contributed by atoms with van der Waals surface area (Å²) in [6, 6.07) is 17.1. The molecule has 2 aliphatic heterocycles. The first kappa shape index (κ1) is 12.6. The first-order valence-corrected chi connectivity index (χ1v) is 7.83. The van der Waals surface area contributed by atoms with Gasteiger partial charge in [0.15, 0.2) is 0 Å². The summed E-state index contributed by atoms with van der Waals surface area (Å²) in [5.74, 6) is 0. The number of anilines is 2. The van der Waals surface area contributed by atoms with Gasteiger partial charge in [0.25, 0.3) is 0 Å². The van der Waals surface area contributed by atoms with Gasteiger partial charge in [-0.25, -0.2) is 0 Å². The molecule has 0 atom stereocenters. The van der Waals surface area contributed by atoms with Crippen LogP contribution in [0.4, 0.5) is 11.4 Å². The van der Waals surface area contributed by atoms with Gasteiger partial charge in [-0.2, -0.15) is 0 Å². The molecule has 0 amide bonds. The zero-order valence-corrected chi connectivity index (χ0v) is 12.9. The van der Waals surface area contributed by atoms with E-state index in [4.69, 9.17) is 0 Å². The summed E-state index contributed by atoms with van der Waals surface area (Å²) in [5.41, 5.74) is 5.06. The van der Waals surface area contributed by atoms with Crippen molar-refractivity contribution in [3.05, 3.63) is 70.9 Å². The number of benzene rings is 2. The minimum absolute atomic E-state index is 1.25. The predicted molar refractivity (Wildman–Crippen MR) is 91.6 cm³/mol. The maximum Gasteiger partial charge on any atom is 0.104 e. The van der Waals surface area contributed by atoms with Crippen LogP contribution in [0.15, 0.2) is 70.2 Å². The van der Waals surface area contributed by atoms with Gasteiger partial charge < -0.3 is 9.80 Å². The summed E-state index contributed by atoms with van der Waals surface area (Å²) in [5, 5.41) is 1.28. The second-order valence-electron chi connectivity index (χ2n) is 5.27. The molecule has 2 aromatic carbocycles. The van der Waals surface area contributed by atoms with E-state index in [2.05, 4.69) is 84.6 Å². The zero-order chi connectivity index (χ0) is 14.4. The number of nitrogens with zero attached hydrogens (tertiary/aromatic N) is 2. The fourth-order valence-electron chi connectivity index (χ4n) is 2.89.